The van der Waals surface area contributed by atoms with Crippen LogP contribution in [0.4, 0.5) is 18.9 Å². The molecule has 4 rings (SSSR count). The smallest absolute Gasteiger partial charge is 0.272 e. The number of aromatic nitrogens is 2. The Hall–Kier alpha value is -2.91. The van der Waals surface area contributed by atoms with Gasteiger partial charge in [0.25, 0.3) is 5.56 Å². The van der Waals surface area contributed by atoms with Crippen LogP contribution in [0.15, 0.2) is 26.9 Å². The normalized spacial score (nSPS) is 20.8. The van der Waals surface area contributed by atoms with E-state index in [1.165, 1.54) is 12.1 Å². The Balaban J connectivity index is 0.000000252. The lowest BCUT2D eigenvalue weighted by Gasteiger charge is -2.25. The van der Waals surface area contributed by atoms with Crippen molar-refractivity contribution in [2.45, 2.75) is 43.9 Å². The third kappa shape index (κ3) is 4.57. The molecular formula is C19H23F3N6O. The fourth-order valence-corrected chi connectivity index (χ4v) is 3.65. The van der Waals surface area contributed by atoms with Crippen LogP contribution in [0, 0.1) is 5.82 Å². The summed E-state index contributed by atoms with van der Waals surface area (Å²) < 4.78 is 38.0. The molecule has 0 amide bonds. The third-order valence-corrected chi connectivity index (χ3v) is 5.04. The van der Waals surface area contributed by atoms with E-state index in [2.05, 4.69) is 25.5 Å². The molecule has 0 bridgehead atoms. The van der Waals surface area contributed by atoms with Gasteiger partial charge in [-0.15, -0.1) is 0 Å². The molecule has 0 radical (unpaired) electrons. The summed E-state index contributed by atoms with van der Waals surface area (Å²) in [6, 6.07) is 2.54. The molecule has 1 fully saturated rings. The minimum atomic E-state index is -2.32. The van der Waals surface area contributed by atoms with Crippen molar-refractivity contribution in [3.05, 3.63) is 34.0 Å². The molecule has 1 aromatic carbocycles. The van der Waals surface area contributed by atoms with Crippen molar-refractivity contribution in [1.82, 2.24) is 10.2 Å². The first-order valence-electron chi connectivity index (χ1n) is 9.41. The Bertz CT molecular complexity index is 993. The van der Waals surface area contributed by atoms with E-state index >= 15 is 0 Å². The summed E-state index contributed by atoms with van der Waals surface area (Å²) in [5.41, 5.74) is 6.04. The number of nitrogens with zero attached hydrogens (tertiary/aromatic N) is 3. The number of hydrogen-bond donors (Lipinski definition) is 3. The largest absolute Gasteiger partial charge is 0.390 e. The monoisotopic (exact) mass is 408 g/mol. The molecule has 1 saturated carbocycles. The van der Waals surface area contributed by atoms with Crippen molar-refractivity contribution in [1.29, 1.82) is 0 Å². The van der Waals surface area contributed by atoms with Gasteiger partial charge in [0.05, 0.1) is 23.3 Å². The average molecular weight is 408 g/mol. The van der Waals surface area contributed by atoms with Gasteiger partial charge in [-0.2, -0.15) is 5.10 Å². The number of nitrogens with one attached hydrogen (secondary N) is 2. The highest BCUT2D eigenvalue weighted by Crippen LogP contribution is 2.34. The summed E-state index contributed by atoms with van der Waals surface area (Å²) in [5, 5.41) is 10.4. The van der Waals surface area contributed by atoms with E-state index in [0.29, 0.717) is 42.0 Å². The molecule has 1 aromatic heterocycles. The van der Waals surface area contributed by atoms with Crippen molar-refractivity contribution < 1.29 is 13.2 Å². The maximum absolute atomic E-state index is 13.6. The molecule has 0 spiro atoms. The number of halogens is 3. The van der Waals surface area contributed by atoms with E-state index in [1.54, 1.807) is 7.05 Å². The zero-order valence-electron chi connectivity index (χ0n) is 16.0. The molecule has 1 unspecified atom stereocenters. The quantitative estimate of drug-likeness (QED) is 0.497. The van der Waals surface area contributed by atoms with Crippen molar-refractivity contribution in [2.75, 3.05) is 18.9 Å². The predicted octanol–water partition coefficient (Wildman–Crippen LogP) is 3.17. The molecule has 29 heavy (non-hydrogen) atoms. The minimum absolute atomic E-state index is 0.118. The van der Waals surface area contributed by atoms with Crippen molar-refractivity contribution >= 4 is 28.6 Å². The Labute approximate surface area is 165 Å². The number of benzene rings is 1. The third-order valence-electron chi connectivity index (χ3n) is 5.04. The van der Waals surface area contributed by atoms with Crippen LogP contribution in [0.2, 0.25) is 0 Å². The van der Waals surface area contributed by atoms with Crippen LogP contribution in [0.25, 0.3) is 10.8 Å². The molecule has 1 atom stereocenters. The van der Waals surface area contributed by atoms with Gasteiger partial charge < -0.3 is 11.1 Å². The number of aromatic amines is 1. The molecular weight excluding hydrogens is 385 g/mol. The first kappa shape index (κ1) is 20.8. The zero-order valence-corrected chi connectivity index (χ0v) is 16.0. The van der Waals surface area contributed by atoms with E-state index in [-0.39, 0.29) is 24.1 Å². The highest BCUT2D eigenvalue weighted by molar-refractivity contribution is 6.03. The summed E-state index contributed by atoms with van der Waals surface area (Å²) in [7, 11) is 1.60. The lowest BCUT2D eigenvalue weighted by molar-refractivity contribution is -0.0337. The summed E-state index contributed by atoms with van der Waals surface area (Å²) in [4.78, 5) is 20.0. The lowest BCUT2D eigenvalue weighted by Crippen LogP contribution is -2.28. The van der Waals surface area contributed by atoms with Gasteiger partial charge in [0.2, 0.25) is 5.92 Å². The van der Waals surface area contributed by atoms with Gasteiger partial charge in [-0.3, -0.25) is 9.79 Å². The lowest BCUT2D eigenvalue weighted by atomic mass is 9.94. The van der Waals surface area contributed by atoms with E-state index in [1.807, 2.05) is 0 Å². The number of H-pyrrole nitrogens is 1. The number of alkyl halides is 2. The maximum Gasteiger partial charge on any atom is 0.272 e. The Kier molecular flexibility index (Phi) is 6.19. The van der Waals surface area contributed by atoms with Gasteiger partial charge in [0.15, 0.2) is 0 Å². The Morgan fingerprint density at radius 3 is 2.62 bits per heavy atom. The van der Waals surface area contributed by atoms with E-state index in [0.717, 1.165) is 12.8 Å². The number of rotatable bonds is 1. The highest BCUT2D eigenvalue weighted by atomic mass is 19.3. The summed E-state index contributed by atoms with van der Waals surface area (Å²) in [6.07, 6.45) is 3.82. The van der Waals surface area contributed by atoms with Crippen molar-refractivity contribution in [3.8, 4) is 0 Å². The summed E-state index contributed by atoms with van der Waals surface area (Å²) >= 11 is 0. The Morgan fingerprint density at radius 2 is 2.03 bits per heavy atom. The molecule has 2 heterocycles. The summed E-state index contributed by atoms with van der Waals surface area (Å²) in [6.45, 7) is 0.439. The standard InChI is InChI=1S/C13H13FN6O.C6H10F2/c1-16-12(18-5-15)8-4-17-9-3-6(14)2-7-10(9)11(8)19-20-13(7)21;7-6(8)4-2-1-3-5-6/h2-3,5,8,17H,4H2,1H3,(H,20,21)(H2,15,16,18);1-5H2. The first-order chi connectivity index (χ1) is 13.9. The van der Waals surface area contributed by atoms with E-state index < -0.39 is 17.3 Å². The van der Waals surface area contributed by atoms with Gasteiger partial charge in [-0.1, -0.05) is 6.42 Å². The SMILES string of the molecule is CN=C(N=CN)C1CNc2cc(F)cc3c(=O)[nH]nc1c23.FC1(F)CCCCC1. The van der Waals surface area contributed by atoms with E-state index in [4.69, 9.17) is 5.73 Å². The molecule has 7 nitrogen and oxygen atoms in total. The second-order valence-corrected chi connectivity index (χ2v) is 7.02. The fourth-order valence-electron chi connectivity index (χ4n) is 3.65. The molecule has 1 aliphatic heterocycles. The molecule has 2 aromatic rings. The van der Waals surface area contributed by atoms with Crippen molar-refractivity contribution in [2.24, 2.45) is 15.7 Å². The molecule has 1 aliphatic carbocycles. The van der Waals surface area contributed by atoms with Gasteiger partial charge in [-0.05, 0) is 25.0 Å². The van der Waals surface area contributed by atoms with Crippen molar-refractivity contribution in [3.63, 3.8) is 0 Å². The van der Waals surface area contributed by atoms with Crippen LogP contribution in [0.3, 0.4) is 0 Å². The second-order valence-electron chi connectivity index (χ2n) is 7.02. The van der Waals surface area contributed by atoms with Crippen LogP contribution >= 0.6 is 0 Å². The van der Waals surface area contributed by atoms with Gasteiger partial charge in [-0.25, -0.2) is 23.3 Å². The maximum atomic E-state index is 13.6. The van der Waals surface area contributed by atoms with Gasteiger partial charge in [0, 0.05) is 37.5 Å². The van der Waals surface area contributed by atoms with E-state index in [9.17, 15) is 18.0 Å². The minimum Gasteiger partial charge on any atom is -0.390 e. The van der Waals surface area contributed by atoms with Crippen LogP contribution in [0.1, 0.15) is 43.7 Å². The van der Waals surface area contributed by atoms with Gasteiger partial charge in [0.1, 0.15) is 11.7 Å². The van der Waals surface area contributed by atoms with Crippen LogP contribution < -0.4 is 16.6 Å². The van der Waals surface area contributed by atoms with Crippen LogP contribution in [0.5, 0.6) is 0 Å². The first-order valence-corrected chi connectivity index (χ1v) is 9.41. The molecule has 2 aliphatic rings. The number of aliphatic imine (C=N–C) groups is 2. The fraction of sp³-hybridized carbons (Fsp3) is 0.474. The number of anilines is 1. The molecule has 156 valence electrons. The molecule has 0 saturated heterocycles. The summed E-state index contributed by atoms with van der Waals surface area (Å²) in [5.74, 6) is -2.58. The van der Waals surface area contributed by atoms with Crippen LogP contribution in [-0.2, 0) is 0 Å². The Morgan fingerprint density at radius 1 is 1.31 bits per heavy atom. The topological polar surface area (TPSA) is 109 Å². The average Bonchev–Trinajstić information content (AvgIpc) is 2.69. The van der Waals surface area contributed by atoms with Gasteiger partial charge >= 0.3 is 0 Å². The highest BCUT2D eigenvalue weighted by Gasteiger charge is 2.30. The number of amidine groups is 1. The predicted molar refractivity (Wildman–Crippen MR) is 108 cm³/mol. The second kappa shape index (κ2) is 8.62. The number of nitrogens with two attached hydrogens (primary N) is 1. The number of hydrogen-bond acceptors (Lipinski definition) is 4. The van der Waals surface area contributed by atoms with Crippen LogP contribution in [-0.4, -0.2) is 41.9 Å². The zero-order chi connectivity index (χ0) is 21.0. The molecule has 4 N–H and O–H groups in total. The molecule has 10 heteroatoms.